The van der Waals surface area contributed by atoms with Gasteiger partial charge >= 0.3 is 0 Å². The highest BCUT2D eigenvalue weighted by atomic mass is 35.5. The Labute approximate surface area is 219 Å². The van der Waals surface area contributed by atoms with Crippen LogP contribution >= 0.6 is 35.3 Å². The van der Waals surface area contributed by atoms with Gasteiger partial charge in [0.15, 0.2) is 11.7 Å². The largest absolute Gasteiger partial charge is 0.484 e. The number of rotatable bonds is 7. The van der Waals surface area contributed by atoms with Crippen molar-refractivity contribution in [2.24, 2.45) is 0 Å². The molecule has 0 aliphatic carbocycles. The number of anilines is 1. The number of amides is 1. The number of morpholine rings is 1. The molecule has 0 N–H and O–H groups in total. The number of halogens is 2. The van der Waals surface area contributed by atoms with E-state index in [-0.39, 0.29) is 24.9 Å². The summed E-state index contributed by atoms with van der Waals surface area (Å²) in [4.78, 5) is 22.2. The van der Waals surface area contributed by atoms with Crippen molar-refractivity contribution < 1.29 is 14.3 Å². The van der Waals surface area contributed by atoms with Crippen molar-refractivity contribution >= 4 is 67.4 Å². The van der Waals surface area contributed by atoms with Gasteiger partial charge in [-0.05, 0) is 41.5 Å². The number of carbonyl (C=O) groups excluding carboxylic acids is 1. The van der Waals surface area contributed by atoms with Gasteiger partial charge in [-0.2, -0.15) is 0 Å². The molecule has 0 radical (unpaired) electrons. The average molecular weight is 532 g/mol. The van der Waals surface area contributed by atoms with Crippen LogP contribution in [0.3, 0.4) is 0 Å². The number of aromatic nitrogens is 1. The van der Waals surface area contributed by atoms with Crippen LogP contribution in [0, 0.1) is 6.92 Å². The maximum Gasteiger partial charge on any atom is 0.266 e. The quantitative estimate of drug-likeness (QED) is 0.311. The zero-order valence-corrected chi connectivity index (χ0v) is 21.8. The first kappa shape index (κ1) is 25.7. The smallest absolute Gasteiger partial charge is 0.266 e. The zero-order valence-electron chi connectivity index (χ0n) is 19.4. The number of aryl methyl sites for hydroxylation is 1. The molecule has 0 bridgehead atoms. The van der Waals surface area contributed by atoms with Crippen LogP contribution in [0.2, 0.25) is 5.02 Å². The van der Waals surface area contributed by atoms with Gasteiger partial charge in [-0.15, -0.1) is 12.4 Å². The van der Waals surface area contributed by atoms with E-state index in [9.17, 15) is 4.79 Å². The molecule has 1 aliphatic heterocycles. The van der Waals surface area contributed by atoms with E-state index in [0.29, 0.717) is 22.4 Å². The molecule has 1 aliphatic rings. The molecule has 35 heavy (non-hydrogen) atoms. The fourth-order valence-electron chi connectivity index (χ4n) is 4.08. The summed E-state index contributed by atoms with van der Waals surface area (Å²) >= 11 is 7.88. The minimum Gasteiger partial charge on any atom is -0.484 e. The Morgan fingerprint density at radius 3 is 2.69 bits per heavy atom. The Morgan fingerprint density at radius 2 is 1.91 bits per heavy atom. The normalized spacial score (nSPS) is 14.1. The van der Waals surface area contributed by atoms with Crippen molar-refractivity contribution in [3.8, 4) is 5.75 Å². The Kier molecular flexibility index (Phi) is 8.46. The van der Waals surface area contributed by atoms with Crippen LogP contribution in [0.25, 0.3) is 21.0 Å². The van der Waals surface area contributed by atoms with E-state index >= 15 is 0 Å². The van der Waals surface area contributed by atoms with Gasteiger partial charge in [0.1, 0.15) is 5.75 Å². The van der Waals surface area contributed by atoms with Crippen molar-refractivity contribution in [3.63, 3.8) is 0 Å². The summed E-state index contributed by atoms with van der Waals surface area (Å²) in [7, 11) is 0. The first-order valence-electron chi connectivity index (χ1n) is 11.4. The maximum atomic E-state index is 13.4. The van der Waals surface area contributed by atoms with Crippen LogP contribution in [-0.2, 0) is 9.53 Å². The Morgan fingerprint density at radius 1 is 1.14 bits per heavy atom. The van der Waals surface area contributed by atoms with Crippen molar-refractivity contribution in [3.05, 3.63) is 65.2 Å². The fourth-order valence-corrected chi connectivity index (χ4v) is 5.44. The van der Waals surface area contributed by atoms with E-state index in [2.05, 4.69) is 11.0 Å². The molecular weight excluding hydrogens is 505 g/mol. The molecule has 4 aromatic rings. The molecule has 2 heterocycles. The van der Waals surface area contributed by atoms with Crippen LogP contribution in [0.1, 0.15) is 5.56 Å². The topological polar surface area (TPSA) is 54.9 Å². The summed E-state index contributed by atoms with van der Waals surface area (Å²) in [6, 6.07) is 17.8. The number of fused-ring (bicyclic) bond motifs is 2. The number of ether oxygens (including phenoxy) is 2. The average Bonchev–Trinajstić information content (AvgIpc) is 3.32. The fraction of sp³-hybridized carbons (Fsp3) is 0.308. The minimum absolute atomic E-state index is 0. The molecule has 5 rings (SSSR count). The summed E-state index contributed by atoms with van der Waals surface area (Å²) in [6.45, 7) is 6.36. The lowest BCUT2D eigenvalue weighted by atomic mass is 10.1. The lowest BCUT2D eigenvalue weighted by Gasteiger charge is -2.29. The van der Waals surface area contributed by atoms with Crippen molar-refractivity contribution in [1.29, 1.82) is 0 Å². The molecule has 1 amide bonds. The van der Waals surface area contributed by atoms with Crippen LogP contribution < -0.4 is 9.64 Å². The first-order chi connectivity index (χ1) is 16.6. The predicted octanol–water partition coefficient (Wildman–Crippen LogP) is 5.58. The molecule has 0 unspecified atom stereocenters. The van der Waals surface area contributed by atoms with E-state index in [1.807, 2.05) is 55.5 Å². The summed E-state index contributed by atoms with van der Waals surface area (Å²) in [5.41, 5.74) is 1.88. The Bertz CT molecular complexity index is 1280. The van der Waals surface area contributed by atoms with Crippen molar-refractivity contribution in [2.45, 2.75) is 6.92 Å². The Balaban J connectivity index is 0.00000289. The summed E-state index contributed by atoms with van der Waals surface area (Å²) in [5.74, 6) is 0.539. The highest BCUT2D eigenvalue weighted by Crippen LogP contribution is 2.35. The minimum atomic E-state index is -0.130. The molecule has 184 valence electrons. The molecule has 6 nitrogen and oxygen atoms in total. The van der Waals surface area contributed by atoms with Crippen molar-refractivity contribution in [2.75, 3.05) is 50.9 Å². The lowest BCUT2D eigenvalue weighted by Crippen LogP contribution is -2.44. The van der Waals surface area contributed by atoms with E-state index in [1.165, 1.54) is 11.3 Å². The van der Waals surface area contributed by atoms with Gasteiger partial charge in [0.25, 0.3) is 5.91 Å². The molecule has 0 saturated carbocycles. The molecule has 1 aromatic heterocycles. The molecule has 1 saturated heterocycles. The number of hydrogen-bond acceptors (Lipinski definition) is 6. The van der Waals surface area contributed by atoms with Gasteiger partial charge in [0, 0.05) is 26.2 Å². The van der Waals surface area contributed by atoms with Crippen LogP contribution in [0.5, 0.6) is 5.75 Å². The second kappa shape index (κ2) is 11.5. The second-order valence-electron chi connectivity index (χ2n) is 8.34. The van der Waals surface area contributed by atoms with E-state index < -0.39 is 0 Å². The molecule has 3 aromatic carbocycles. The lowest BCUT2D eigenvalue weighted by molar-refractivity contribution is -0.120. The highest BCUT2D eigenvalue weighted by Gasteiger charge is 2.23. The monoisotopic (exact) mass is 531 g/mol. The number of thiazole rings is 1. The second-order valence-corrected chi connectivity index (χ2v) is 9.72. The van der Waals surface area contributed by atoms with Crippen LogP contribution in [-0.4, -0.2) is 61.8 Å². The number of hydrogen-bond donors (Lipinski definition) is 0. The molecule has 9 heteroatoms. The third-order valence-corrected chi connectivity index (χ3v) is 7.58. The third kappa shape index (κ3) is 5.88. The highest BCUT2D eigenvalue weighted by molar-refractivity contribution is 7.23. The van der Waals surface area contributed by atoms with Crippen LogP contribution in [0.15, 0.2) is 54.6 Å². The molecular formula is C26H27Cl2N3O3S. The van der Waals surface area contributed by atoms with Gasteiger partial charge in [-0.1, -0.05) is 59.3 Å². The summed E-state index contributed by atoms with van der Waals surface area (Å²) < 4.78 is 12.3. The number of carbonyl (C=O) groups is 1. The predicted molar refractivity (Wildman–Crippen MR) is 146 cm³/mol. The van der Waals surface area contributed by atoms with Gasteiger partial charge in [0.2, 0.25) is 0 Å². The van der Waals surface area contributed by atoms with Gasteiger partial charge < -0.3 is 9.47 Å². The van der Waals surface area contributed by atoms with Crippen molar-refractivity contribution in [1.82, 2.24) is 9.88 Å². The van der Waals surface area contributed by atoms with E-state index in [4.69, 9.17) is 26.1 Å². The maximum absolute atomic E-state index is 13.4. The number of benzene rings is 3. The number of nitrogens with zero attached hydrogens (tertiary/aromatic N) is 3. The Hall–Kier alpha value is -2.42. The standard InChI is InChI=1S/C26H26ClN3O3S.ClH/c1-18-6-9-22(27)25-24(18)28-26(34-25)30(11-10-29-12-14-32-15-13-29)23(31)17-33-21-8-7-19-4-2-3-5-20(19)16-21;/h2-9,16H,10-15,17H2,1H3;1H. The molecule has 1 fully saturated rings. The first-order valence-corrected chi connectivity index (χ1v) is 12.6. The summed E-state index contributed by atoms with van der Waals surface area (Å²) in [6.07, 6.45) is 0. The zero-order chi connectivity index (χ0) is 23.5. The van der Waals surface area contributed by atoms with Gasteiger partial charge in [-0.25, -0.2) is 4.98 Å². The van der Waals surface area contributed by atoms with Gasteiger partial charge in [0.05, 0.1) is 28.5 Å². The van der Waals surface area contributed by atoms with E-state index in [0.717, 1.165) is 59.4 Å². The van der Waals surface area contributed by atoms with Gasteiger partial charge in [-0.3, -0.25) is 14.6 Å². The van der Waals surface area contributed by atoms with E-state index in [1.54, 1.807) is 4.90 Å². The van der Waals surface area contributed by atoms with Crippen LogP contribution in [0.4, 0.5) is 5.13 Å². The third-order valence-electron chi connectivity index (χ3n) is 6.04. The summed E-state index contributed by atoms with van der Waals surface area (Å²) in [5, 5.41) is 3.51. The SMILES string of the molecule is Cc1ccc(Cl)c2sc(N(CCN3CCOCC3)C(=O)COc3ccc4ccccc4c3)nc12.Cl. The molecule has 0 atom stereocenters. The molecule has 0 spiro atoms.